The molecule has 122 valence electrons. The number of carbonyl (C=O) groups excluding carboxylic acids is 1. The topological polar surface area (TPSA) is 54.5 Å². The molecule has 3 rings (SSSR count). The van der Waals surface area contributed by atoms with E-state index in [2.05, 4.69) is 17.2 Å². The van der Waals surface area contributed by atoms with E-state index in [4.69, 9.17) is 4.74 Å². The van der Waals surface area contributed by atoms with Gasteiger partial charge in [0.15, 0.2) is 0 Å². The normalized spacial score (nSPS) is 21.4. The van der Waals surface area contributed by atoms with Crippen LogP contribution in [-0.2, 0) is 11.3 Å². The SMILES string of the molecule is CC[C@H]1CN(C(=O)NCc2cccc3cccnc23)C[C@@H](C)O1. The maximum atomic E-state index is 12.5. The van der Waals surface area contributed by atoms with E-state index in [9.17, 15) is 4.79 Å². The summed E-state index contributed by atoms with van der Waals surface area (Å²) in [6, 6.07) is 9.95. The number of nitrogens with one attached hydrogen (secondary N) is 1. The molecular formula is C18H23N3O2. The molecular weight excluding hydrogens is 290 g/mol. The third-order valence-electron chi connectivity index (χ3n) is 4.22. The molecule has 0 spiro atoms. The van der Waals surface area contributed by atoms with Crippen molar-refractivity contribution in [3.8, 4) is 0 Å². The molecule has 2 atom stereocenters. The summed E-state index contributed by atoms with van der Waals surface area (Å²) in [6.45, 7) is 5.86. The Balaban J connectivity index is 1.66. The lowest BCUT2D eigenvalue weighted by Crippen LogP contribution is -2.52. The van der Waals surface area contributed by atoms with E-state index < -0.39 is 0 Å². The molecule has 5 nitrogen and oxygen atoms in total. The summed E-state index contributed by atoms with van der Waals surface area (Å²) in [5, 5.41) is 4.11. The summed E-state index contributed by atoms with van der Waals surface area (Å²) >= 11 is 0. The number of carbonyl (C=O) groups is 1. The third-order valence-corrected chi connectivity index (χ3v) is 4.22. The van der Waals surface area contributed by atoms with Gasteiger partial charge in [0.1, 0.15) is 0 Å². The molecule has 0 bridgehead atoms. The van der Waals surface area contributed by atoms with E-state index in [-0.39, 0.29) is 18.2 Å². The van der Waals surface area contributed by atoms with Crippen LogP contribution in [0.25, 0.3) is 10.9 Å². The maximum absolute atomic E-state index is 12.5. The molecule has 1 aliphatic rings. The predicted octanol–water partition coefficient (Wildman–Crippen LogP) is 2.94. The van der Waals surface area contributed by atoms with Gasteiger partial charge in [-0.15, -0.1) is 0 Å². The van der Waals surface area contributed by atoms with Gasteiger partial charge in [0, 0.05) is 31.2 Å². The van der Waals surface area contributed by atoms with E-state index >= 15 is 0 Å². The van der Waals surface area contributed by atoms with E-state index in [1.54, 1.807) is 6.20 Å². The highest BCUT2D eigenvalue weighted by Crippen LogP contribution is 2.17. The van der Waals surface area contributed by atoms with Crippen molar-refractivity contribution >= 4 is 16.9 Å². The van der Waals surface area contributed by atoms with Gasteiger partial charge in [0.05, 0.1) is 17.7 Å². The molecule has 1 aliphatic heterocycles. The van der Waals surface area contributed by atoms with Gasteiger partial charge in [0.25, 0.3) is 0 Å². The van der Waals surface area contributed by atoms with Crippen molar-refractivity contribution in [1.29, 1.82) is 0 Å². The zero-order valence-corrected chi connectivity index (χ0v) is 13.7. The van der Waals surface area contributed by atoms with Crippen LogP contribution in [0.2, 0.25) is 0 Å². The molecule has 0 saturated carbocycles. The Morgan fingerprint density at radius 2 is 2.17 bits per heavy atom. The molecule has 1 aromatic heterocycles. The van der Waals surface area contributed by atoms with Crippen molar-refractivity contribution in [2.45, 2.75) is 39.0 Å². The standard InChI is InChI=1S/C18H23N3O2/c1-3-16-12-21(11-13(2)23-16)18(22)20-10-15-7-4-6-14-8-5-9-19-17(14)15/h4-9,13,16H,3,10-12H2,1-2H3,(H,20,22)/t13-,16+/m1/s1. The number of nitrogens with zero attached hydrogens (tertiary/aromatic N) is 2. The first-order valence-electron chi connectivity index (χ1n) is 8.18. The fraction of sp³-hybridized carbons (Fsp3) is 0.444. The van der Waals surface area contributed by atoms with Crippen LogP contribution in [0.4, 0.5) is 4.79 Å². The van der Waals surface area contributed by atoms with Crippen LogP contribution < -0.4 is 5.32 Å². The lowest BCUT2D eigenvalue weighted by atomic mass is 10.1. The van der Waals surface area contributed by atoms with E-state index in [1.807, 2.05) is 42.2 Å². The fourth-order valence-corrected chi connectivity index (χ4v) is 3.03. The number of ether oxygens (including phenoxy) is 1. The summed E-state index contributed by atoms with van der Waals surface area (Å²) in [5.41, 5.74) is 1.97. The number of hydrogen-bond acceptors (Lipinski definition) is 3. The number of pyridine rings is 1. The van der Waals surface area contributed by atoms with E-state index in [0.29, 0.717) is 19.6 Å². The molecule has 1 N–H and O–H groups in total. The van der Waals surface area contributed by atoms with Crippen molar-refractivity contribution in [3.63, 3.8) is 0 Å². The van der Waals surface area contributed by atoms with E-state index in [0.717, 1.165) is 22.9 Å². The fourth-order valence-electron chi connectivity index (χ4n) is 3.03. The second kappa shape index (κ2) is 6.96. The maximum Gasteiger partial charge on any atom is 0.317 e. The number of hydrogen-bond donors (Lipinski definition) is 1. The van der Waals surface area contributed by atoms with E-state index in [1.165, 1.54) is 0 Å². The molecule has 2 heterocycles. The van der Waals surface area contributed by atoms with Crippen molar-refractivity contribution in [2.75, 3.05) is 13.1 Å². The van der Waals surface area contributed by atoms with Gasteiger partial charge in [-0.3, -0.25) is 4.98 Å². The van der Waals surface area contributed by atoms with Crippen LogP contribution >= 0.6 is 0 Å². The number of urea groups is 1. The average Bonchev–Trinajstić information content (AvgIpc) is 2.59. The monoisotopic (exact) mass is 313 g/mol. The molecule has 1 aromatic carbocycles. The molecule has 0 aliphatic carbocycles. The first-order chi connectivity index (χ1) is 11.2. The second-order valence-electron chi connectivity index (χ2n) is 6.03. The Kier molecular flexibility index (Phi) is 4.76. The number of benzene rings is 1. The molecule has 5 heteroatoms. The Hall–Kier alpha value is -2.14. The summed E-state index contributed by atoms with van der Waals surface area (Å²) < 4.78 is 5.80. The molecule has 0 unspecified atom stereocenters. The van der Waals surface area contributed by atoms with Crippen molar-refractivity contribution in [2.24, 2.45) is 0 Å². The van der Waals surface area contributed by atoms with Crippen LogP contribution in [0.5, 0.6) is 0 Å². The van der Waals surface area contributed by atoms with Gasteiger partial charge in [-0.2, -0.15) is 0 Å². The number of aromatic nitrogens is 1. The number of amides is 2. The van der Waals surface area contributed by atoms with Crippen LogP contribution in [-0.4, -0.2) is 41.2 Å². The summed E-state index contributed by atoms with van der Waals surface area (Å²) in [5.74, 6) is 0. The highest BCUT2D eigenvalue weighted by Gasteiger charge is 2.27. The molecule has 1 saturated heterocycles. The highest BCUT2D eigenvalue weighted by atomic mass is 16.5. The van der Waals surface area contributed by atoms with Crippen molar-refractivity contribution in [1.82, 2.24) is 15.2 Å². The molecule has 2 amide bonds. The molecule has 2 aromatic rings. The number of fused-ring (bicyclic) bond motifs is 1. The molecule has 1 fully saturated rings. The van der Waals surface area contributed by atoms with Gasteiger partial charge in [-0.1, -0.05) is 31.2 Å². The van der Waals surface area contributed by atoms with Gasteiger partial charge < -0.3 is 15.0 Å². The lowest BCUT2D eigenvalue weighted by molar-refractivity contribution is -0.0646. The van der Waals surface area contributed by atoms with Gasteiger partial charge >= 0.3 is 6.03 Å². The third kappa shape index (κ3) is 3.62. The second-order valence-corrected chi connectivity index (χ2v) is 6.03. The van der Waals surface area contributed by atoms with Gasteiger partial charge in [0.2, 0.25) is 0 Å². The number of morpholine rings is 1. The van der Waals surface area contributed by atoms with Gasteiger partial charge in [-0.05, 0) is 25.0 Å². The molecule has 23 heavy (non-hydrogen) atoms. The lowest BCUT2D eigenvalue weighted by Gasteiger charge is -2.36. The van der Waals surface area contributed by atoms with Crippen LogP contribution in [0.15, 0.2) is 36.5 Å². The summed E-state index contributed by atoms with van der Waals surface area (Å²) in [4.78, 5) is 18.7. The van der Waals surface area contributed by atoms with Crippen molar-refractivity contribution in [3.05, 3.63) is 42.1 Å². The minimum absolute atomic E-state index is 0.0356. The summed E-state index contributed by atoms with van der Waals surface area (Å²) in [6.07, 6.45) is 2.91. The highest BCUT2D eigenvalue weighted by molar-refractivity contribution is 5.82. The largest absolute Gasteiger partial charge is 0.372 e. The number of para-hydroxylation sites is 1. The molecule has 0 radical (unpaired) electrons. The minimum atomic E-state index is -0.0356. The zero-order valence-electron chi connectivity index (χ0n) is 13.7. The average molecular weight is 313 g/mol. The van der Waals surface area contributed by atoms with Crippen LogP contribution in [0.3, 0.4) is 0 Å². The van der Waals surface area contributed by atoms with Crippen molar-refractivity contribution < 1.29 is 9.53 Å². The van der Waals surface area contributed by atoms with Crippen LogP contribution in [0.1, 0.15) is 25.8 Å². The van der Waals surface area contributed by atoms with Crippen LogP contribution in [0, 0.1) is 0 Å². The first-order valence-corrected chi connectivity index (χ1v) is 8.18. The Morgan fingerprint density at radius 1 is 1.35 bits per heavy atom. The minimum Gasteiger partial charge on any atom is -0.372 e. The number of rotatable bonds is 3. The Bertz CT molecular complexity index is 684. The smallest absolute Gasteiger partial charge is 0.317 e. The predicted molar refractivity (Wildman–Crippen MR) is 90.2 cm³/mol. The Morgan fingerprint density at radius 3 is 3.00 bits per heavy atom. The van der Waals surface area contributed by atoms with Gasteiger partial charge in [-0.25, -0.2) is 4.79 Å². The Labute approximate surface area is 136 Å². The first kappa shape index (κ1) is 15.7. The quantitative estimate of drug-likeness (QED) is 0.948. The zero-order chi connectivity index (χ0) is 16.2. The summed E-state index contributed by atoms with van der Waals surface area (Å²) in [7, 11) is 0.